The van der Waals surface area contributed by atoms with Crippen molar-refractivity contribution in [1.82, 2.24) is 0 Å². The van der Waals surface area contributed by atoms with Gasteiger partial charge in [0.15, 0.2) is 12.2 Å². The van der Waals surface area contributed by atoms with Crippen LogP contribution in [0.3, 0.4) is 0 Å². The van der Waals surface area contributed by atoms with E-state index in [0.29, 0.717) is 25.7 Å². The van der Waals surface area contributed by atoms with Gasteiger partial charge in [-0.15, -0.1) is 0 Å². The monoisotopic (exact) mass is 1410 g/mol. The molecular weight excluding hydrogens is 1260 g/mol. The lowest BCUT2D eigenvalue weighted by Gasteiger charge is -2.21. The summed E-state index contributed by atoms with van der Waals surface area (Å²) in [5.74, 6) is -0.500. The quantitative estimate of drug-likeness (QED) is 0.0222. The maximum atomic E-state index is 13.1. The van der Waals surface area contributed by atoms with Crippen LogP contribution < -0.4 is 0 Å². The van der Waals surface area contributed by atoms with E-state index in [1.54, 1.807) is 0 Å². The van der Waals surface area contributed by atoms with Crippen LogP contribution in [-0.2, 0) is 65.4 Å². The fourth-order valence-corrected chi connectivity index (χ4v) is 13.4. The average Bonchev–Trinajstić information content (AvgIpc) is 1.82. The second kappa shape index (κ2) is 68.8. The molecule has 17 nitrogen and oxygen atoms in total. The second-order valence-electron chi connectivity index (χ2n) is 28.5. The van der Waals surface area contributed by atoms with Gasteiger partial charge in [0.2, 0.25) is 0 Å². The molecule has 0 radical (unpaired) electrons. The number of phosphoric ester groups is 2. The van der Waals surface area contributed by atoms with Gasteiger partial charge < -0.3 is 33.8 Å². The van der Waals surface area contributed by atoms with Gasteiger partial charge in [0.05, 0.1) is 26.4 Å². The minimum atomic E-state index is -4.96. The summed E-state index contributed by atoms with van der Waals surface area (Å²) in [5.41, 5.74) is 0. The number of carbonyl (C=O) groups is 4. The van der Waals surface area contributed by atoms with Crippen molar-refractivity contribution in [2.75, 3.05) is 39.6 Å². The van der Waals surface area contributed by atoms with Gasteiger partial charge >= 0.3 is 39.5 Å². The Bertz CT molecular complexity index is 1860. The van der Waals surface area contributed by atoms with E-state index < -0.39 is 97.5 Å². The van der Waals surface area contributed by atoms with Gasteiger partial charge in [0, 0.05) is 25.7 Å². The highest BCUT2D eigenvalue weighted by molar-refractivity contribution is 7.47. The molecule has 0 spiro atoms. The zero-order valence-electron chi connectivity index (χ0n) is 62.7. The minimum Gasteiger partial charge on any atom is -0.462 e. The summed E-state index contributed by atoms with van der Waals surface area (Å²) >= 11 is 0. The smallest absolute Gasteiger partial charge is 0.462 e. The maximum Gasteiger partial charge on any atom is 0.472 e. The van der Waals surface area contributed by atoms with Crippen molar-refractivity contribution in [2.45, 2.75) is 419 Å². The van der Waals surface area contributed by atoms with Crippen LogP contribution in [0.25, 0.3) is 0 Å². The van der Waals surface area contributed by atoms with Crippen molar-refractivity contribution >= 4 is 39.5 Å². The molecular formula is C77H150O17P2. The minimum absolute atomic E-state index is 0.107. The highest BCUT2D eigenvalue weighted by Gasteiger charge is 2.30. The number of hydrogen-bond donors (Lipinski definition) is 3. The Balaban J connectivity index is 5.18. The predicted octanol–water partition coefficient (Wildman–Crippen LogP) is 22.7. The Labute approximate surface area is 588 Å². The third kappa shape index (κ3) is 69.2. The molecule has 0 amide bonds. The van der Waals surface area contributed by atoms with Gasteiger partial charge in [-0.1, -0.05) is 350 Å². The molecule has 19 heteroatoms. The van der Waals surface area contributed by atoms with Crippen LogP contribution in [-0.4, -0.2) is 96.7 Å². The fourth-order valence-electron chi connectivity index (χ4n) is 11.8. The molecule has 0 saturated carbocycles. The van der Waals surface area contributed by atoms with E-state index in [4.69, 9.17) is 37.0 Å². The molecule has 0 saturated heterocycles. The molecule has 3 unspecified atom stereocenters. The molecule has 96 heavy (non-hydrogen) atoms. The van der Waals surface area contributed by atoms with Crippen molar-refractivity contribution in [3.8, 4) is 0 Å². The van der Waals surface area contributed by atoms with Gasteiger partial charge in [0.25, 0.3) is 0 Å². The summed E-state index contributed by atoms with van der Waals surface area (Å²) in [6, 6.07) is 0. The van der Waals surface area contributed by atoms with Crippen molar-refractivity contribution in [2.24, 2.45) is 11.8 Å². The fraction of sp³-hybridized carbons (Fsp3) is 0.948. The van der Waals surface area contributed by atoms with Crippen LogP contribution in [0.15, 0.2) is 0 Å². The highest BCUT2D eigenvalue weighted by Crippen LogP contribution is 2.45. The van der Waals surface area contributed by atoms with Crippen LogP contribution >= 0.6 is 15.6 Å². The van der Waals surface area contributed by atoms with Crippen LogP contribution in [0.2, 0.25) is 0 Å². The number of aliphatic hydroxyl groups excluding tert-OH is 1. The van der Waals surface area contributed by atoms with Crippen LogP contribution in [0.4, 0.5) is 0 Å². The van der Waals surface area contributed by atoms with Gasteiger partial charge in [-0.25, -0.2) is 9.13 Å². The Morgan fingerprint density at radius 3 is 0.792 bits per heavy atom. The summed E-state index contributed by atoms with van der Waals surface area (Å²) in [4.78, 5) is 72.8. The Kier molecular flexibility index (Phi) is 67.4. The molecule has 570 valence electrons. The van der Waals surface area contributed by atoms with E-state index in [1.807, 2.05) is 0 Å². The summed E-state index contributed by atoms with van der Waals surface area (Å²) in [7, 11) is -9.91. The van der Waals surface area contributed by atoms with E-state index in [2.05, 4.69) is 41.5 Å². The normalized spacial score (nSPS) is 14.3. The average molecular weight is 1410 g/mol. The predicted molar refractivity (Wildman–Crippen MR) is 391 cm³/mol. The number of ether oxygens (including phenoxy) is 4. The van der Waals surface area contributed by atoms with Gasteiger partial charge in [-0.05, 0) is 37.5 Å². The lowest BCUT2D eigenvalue weighted by molar-refractivity contribution is -0.161. The zero-order valence-corrected chi connectivity index (χ0v) is 64.5. The molecule has 0 aromatic carbocycles. The molecule has 0 fully saturated rings. The Hall–Kier alpha value is -1.94. The Morgan fingerprint density at radius 2 is 0.531 bits per heavy atom. The molecule has 0 heterocycles. The molecule has 0 aromatic rings. The van der Waals surface area contributed by atoms with Gasteiger partial charge in [-0.2, -0.15) is 0 Å². The summed E-state index contributed by atoms with van der Waals surface area (Å²) in [6.07, 6.45) is 56.8. The first-order valence-corrected chi connectivity index (χ1v) is 43.0. The number of phosphoric acid groups is 2. The molecule has 0 aliphatic heterocycles. The van der Waals surface area contributed by atoms with Crippen molar-refractivity contribution in [3.63, 3.8) is 0 Å². The molecule has 0 bridgehead atoms. The summed E-state index contributed by atoms with van der Waals surface area (Å²) < 4.78 is 68.5. The highest BCUT2D eigenvalue weighted by atomic mass is 31.2. The third-order valence-corrected chi connectivity index (χ3v) is 20.2. The first-order valence-electron chi connectivity index (χ1n) is 40.0. The number of rotatable bonds is 76. The Morgan fingerprint density at radius 1 is 0.302 bits per heavy atom. The maximum absolute atomic E-state index is 13.1. The van der Waals surface area contributed by atoms with Crippen molar-refractivity contribution < 1.29 is 80.2 Å². The molecule has 6 atom stereocenters. The third-order valence-electron chi connectivity index (χ3n) is 18.3. The van der Waals surface area contributed by atoms with Crippen LogP contribution in [0.5, 0.6) is 0 Å². The van der Waals surface area contributed by atoms with Gasteiger partial charge in [0.1, 0.15) is 19.3 Å². The lowest BCUT2D eigenvalue weighted by Crippen LogP contribution is -2.30. The molecule has 3 N–H and O–H groups in total. The van der Waals surface area contributed by atoms with E-state index >= 15 is 0 Å². The number of unbranched alkanes of at least 4 members (excludes halogenated alkanes) is 45. The van der Waals surface area contributed by atoms with Gasteiger partial charge in [-0.3, -0.25) is 37.3 Å². The van der Waals surface area contributed by atoms with E-state index in [-0.39, 0.29) is 25.7 Å². The van der Waals surface area contributed by atoms with Crippen LogP contribution in [0, 0.1) is 11.8 Å². The lowest BCUT2D eigenvalue weighted by atomic mass is 9.99. The van der Waals surface area contributed by atoms with E-state index in [1.165, 1.54) is 218 Å². The molecule has 0 aromatic heterocycles. The number of carbonyl (C=O) groups excluding carboxylic acids is 4. The molecule has 0 aliphatic rings. The first kappa shape index (κ1) is 94.1. The van der Waals surface area contributed by atoms with Crippen molar-refractivity contribution in [3.05, 3.63) is 0 Å². The number of aliphatic hydroxyl groups is 1. The van der Waals surface area contributed by atoms with E-state index in [9.17, 15) is 43.2 Å². The molecule has 0 rings (SSSR count). The second-order valence-corrected chi connectivity index (χ2v) is 31.4. The first-order chi connectivity index (χ1) is 46.4. The number of esters is 4. The molecule has 0 aliphatic carbocycles. The number of hydrogen-bond acceptors (Lipinski definition) is 15. The largest absolute Gasteiger partial charge is 0.472 e. The van der Waals surface area contributed by atoms with E-state index in [0.717, 1.165) is 102 Å². The zero-order chi connectivity index (χ0) is 70.7. The summed E-state index contributed by atoms with van der Waals surface area (Å²) in [5, 5.41) is 10.6. The van der Waals surface area contributed by atoms with Crippen LogP contribution in [0.1, 0.15) is 401 Å². The topological polar surface area (TPSA) is 237 Å². The van der Waals surface area contributed by atoms with Crippen molar-refractivity contribution in [1.29, 1.82) is 0 Å². The standard InChI is InChI=1S/C77H150O17P2/c1-7-10-12-14-16-18-28-35-41-47-53-59-74(79)87-65-72(93-76(81)61-55-49-43-36-29-19-17-15-13-11-8-2)67-91-95(83,84)89-63-71(78)64-90-96(85,86)92-68-73(66-88-75(80)60-54-48-42-38-32-33-39-45-51-57-69(4)5)94-77(82)62-56-50-44-37-31-27-25-23-21-20-22-24-26-30-34-40-46-52-58-70(6)9-3/h69-73,78H,7-68H2,1-6H3,(H,83,84)(H,85,86)/t70?,71-,72+,73+/m0/s1. The summed E-state index contributed by atoms with van der Waals surface area (Å²) in [6.45, 7) is 9.64. The SMILES string of the molecule is CCCCCCCCCCCCCC(=O)OC[C@H](COP(=O)(O)OC[C@H](O)COP(=O)(O)OC[C@@H](COC(=O)CCCCCCCCCCCC(C)C)OC(=O)CCCCCCCCCCCCCCCCCCCCC(C)CC)OC(=O)CCCCCCCCCCCCC.